The lowest BCUT2D eigenvalue weighted by Crippen LogP contribution is -2.13. The topological polar surface area (TPSA) is 55.8 Å². The van der Waals surface area contributed by atoms with Gasteiger partial charge in [0.2, 0.25) is 0 Å². The van der Waals surface area contributed by atoms with E-state index in [-0.39, 0.29) is 18.1 Å². The number of fused-ring (bicyclic) bond motifs is 1. The number of rotatable bonds is 1. The molecule has 2 fully saturated rings. The third-order valence-corrected chi connectivity index (χ3v) is 2.77. The van der Waals surface area contributed by atoms with Crippen molar-refractivity contribution in [3.05, 3.63) is 0 Å². The molecule has 5 heteroatoms. The number of aliphatic carboxylic acids is 1. The highest BCUT2D eigenvalue weighted by atomic mass is 32.2. The maximum atomic E-state index is 10.5. The van der Waals surface area contributed by atoms with E-state index in [1.54, 1.807) is 0 Å². The Labute approximate surface area is 68.3 Å². The largest absolute Gasteiger partial charge is 0.481 e. The van der Waals surface area contributed by atoms with Crippen molar-refractivity contribution in [3.8, 4) is 0 Å². The molecule has 0 amide bonds. The molecule has 0 aromatic heterocycles. The Kier molecular flexibility index (Phi) is 1.78. The lowest BCUT2D eigenvalue weighted by Gasteiger charge is -2.01. The number of carboxylic acid groups (broad SMARTS) is 1. The van der Waals surface area contributed by atoms with Crippen LogP contribution in [0.1, 0.15) is 12.8 Å². The van der Waals surface area contributed by atoms with Crippen molar-refractivity contribution in [2.75, 3.05) is 0 Å². The molecular weight excluding hydrogens is 168 g/mol. The fourth-order valence-corrected chi connectivity index (χ4v) is 2.14. The van der Waals surface area contributed by atoms with Gasteiger partial charge in [-0.25, -0.2) is 0 Å². The fraction of sp³-hybridized carbons (Fsp3) is 0.833. The summed E-state index contributed by atoms with van der Waals surface area (Å²) in [6.45, 7) is 0. The zero-order chi connectivity index (χ0) is 7.84. The first kappa shape index (κ1) is 7.39. The molecular formula is C6H8O4S. The van der Waals surface area contributed by atoms with Crippen LogP contribution in [0.15, 0.2) is 0 Å². The van der Waals surface area contributed by atoms with Crippen LogP contribution < -0.4 is 0 Å². The van der Waals surface area contributed by atoms with Crippen molar-refractivity contribution in [2.45, 2.75) is 25.0 Å². The van der Waals surface area contributed by atoms with Gasteiger partial charge in [0.15, 0.2) is 12.3 Å². The van der Waals surface area contributed by atoms with Crippen molar-refractivity contribution in [1.29, 1.82) is 0 Å². The fourth-order valence-electron chi connectivity index (χ4n) is 1.49. The molecule has 0 spiro atoms. The molecule has 2 aliphatic rings. The summed E-state index contributed by atoms with van der Waals surface area (Å²) in [6, 6.07) is 0. The molecule has 1 saturated heterocycles. The van der Waals surface area contributed by atoms with Crippen molar-refractivity contribution in [3.63, 3.8) is 0 Å². The molecule has 11 heavy (non-hydrogen) atoms. The Balaban J connectivity index is 1.99. The van der Waals surface area contributed by atoms with Gasteiger partial charge in [-0.1, -0.05) is 0 Å². The van der Waals surface area contributed by atoms with Gasteiger partial charge in [-0.2, -0.15) is 0 Å². The van der Waals surface area contributed by atoms with E-state index in [4.69, 9.17) is 13.5 Å². The van der Waals surface area contributed by atoms with Crippen LogP contribution in [0.5, 0.6) is 0 Å². The molecule has 0 radical (unpaired) electrons. The third-order valence-electron chi connectivity index (χ3n) is 2.12. The van der Waals surface area contributed by atoms with E-state index in [1.165, 1.54) is 0 Å². The Bertz CT molecular complexity index is 171. The third kappa shape index (κ3) is 1.23. The maximum Gasteiger partial charge on any atom is 0.306 e. The van der Waals surface area contributed by atoms with E-state index in [0.29, 0.717) is 12.8 Å². The van der Waals surface area contributed by atoms with Crippen LogP contribution in [-0.4, -0.2) is 23.3 Å². The summed E-state index contributed by atoms with van der Waals surface area (Å²) < 4.78 is 10.2. The molecule has 1 N–H and O–H groups in total. The number of hydrogen-bond acceptors (Lipinski definition) is 4. The van der Waals surface area contributed by atoms with E-state index in [0.717, 1.165) is 12.3 Å². The van der Waals surface area contributed by atoms with Crippen molar-refractivity contribution < 1.29 is 18.3 Å². The minimum Gasteiger partial charge on any atom is -0.481 e. The second-order valence-corrected chi connectivity index (χ2v) is 3.36. The van der Waals surface area contributed by atoms with Crippen molar-refractivity contribution in [2.24, 2.45) is 5.92 Å². The summed E-state index contributed by atoms with van der Waals surface area (Å²) in [6.07, 6.45) is 1.18. The molecule has 1 heterocycles. The van der Waals surface area contributed by atoms with Crippen molar-refractivity contribution >= 4 is 18.3 Å². The van der Waals surface area contributed by atoms with Gasteiger partial charge in [0.1, 0.15) is 12.2 Å². The molecule has 0 aromatic rings. The first-order valence-electron chi connectivity index (χ1n) is 3.49. The SMILES string of the molecule is O=C(O)C1CC2OSOC2C1. The van der Waals surface area contributed by atoms with Gasteiger partial charge in [0, 0.05) is 0 Å². The van der Waals surface area contributed by atoms with Gasteiger partial charge < -0.3 is 5.11 Å². The second kappa shape index (κ2) is 2.66. The number of carbonyl (C=O) groups is 1. The first-order valence-corrected chi connectivity index (χ1v) is 4.15. The number of carboxylic acids is 1. The van der Waals surface area contributed by atoms with Crippen LogP contribution in [0.2, 0.25) is 0 Å². The van der Waals surface area contributed by atoms with Crippen LogP contribution in [0.3, 0.4) is 0 Å². The Morgan fingerprint density at radius 3 is 2.36 bits per heavy atom. The highest BCUT2D eigenvalue weighted by molar-refractivity contribution is 7.90. The summed E-state index contributed by atoms with van der Waals surface area (Å²) in [4.78, 5) is 10.5. The normalized spacial score (nSPS) is 42.4. The Hall–Kier alpha value is -0.260. The van der Waals surface area contributed by atoms with Crippen LogP contribution in [-0.2, 0) is 13.2 Å². The standard InChI is InChI=1S/C6H8O4S/c7-6(8)3-1-4-5(2-3)10-11-9-4/h3-5H,1-2H2,(H,7,8). The molecule has 1 aliphatic heterocycles. The molecule has 1 aliphatic carbocycles. The summed E-state index contributed by atoms with van der Waals surface area (Å²) in [5, 5.41) is 8.65. The molecule has 4 nitrogen and oxygen atoms in total. The number of hydrogen-bond donors (Lipinski definition) is 1. The molecule has 2 atom stereocenters. The zero-order valence-corrected chi connectivity index (χ0v) is 6.54. The van der Waals surface area contributed by atoms with E-state index in [2.05, 4.69) is 0 Å². The van der Waals surface area contributed by atoms with Gasteiger partial charge in [-0.15, -0.1) is 0 Å². The van der Waals surface area contributed by atoms with E-state index in [9.17, 15) is 4.79 Å². The predicted molar refractivity (Wildman–Crippen MR) is 37.7 cm³/mol. The highest BCUT2D eigenvalue weighted by Crippen LogP contribution is 2.40. The average molecular weight is 176 g/mol. The first-order chi connectivity index (χ1) is 5.27. The molecule has 1 saturated carbocycles. The maximum absolute atomic E-state index is 10.5. The van der Waals surface area contributed by atoms with Gasteiger partial charge >= 0.3 is 5.97 Å². The van der Waals surface area contributed by atoms with Crippen molar-refractivity contribution in [1.82, 2.24) is 0 Å². The van der Waals surface area contributed by atoms with E-state index in [1.807, 2.05) is 0 Å². The van der Waals surface area contributed by atoms with E-state index >= 15 is 0 Å². The summed E-state index contributed by atoms with van der Waals surface area (Å²) in [5.41, 5.74) is 0. The summed E-state index contributed by atoms with van der Waals surface area (Å²) in [7, 11) is 0. The van der Waals surface area contributed by atoms with Gasteiger partial charge in [-0.3, -0.25) is 13.2 Å². The van der Waals surface area contributed by atoms with Gasteiger partial charge in [-0.05, 0) is 12.8 Å². The predicted octanol–water partition coefficient (Wildman–Crippen LogP) is 0.828. The summed E-state index contributed by atoms with van der Waals surface area (Å²) in [5.74, 6) is -1.01. The average Bonchev–Trinajstić information content (AvgIpc) is 2.40. The smallest absolute Gasteiger partial charge is 0.306 e. The lowest BCUT2D eigenvalue weighted by molar-refractivity contribution is -0.141. The quantitative estimate of drug-likeness (QED) is 0.599. The van der Waals surface area contributed by atoms with Gasteiger partial charge in [0.05, 0.1) is 5.92 Å². The van der Waals surface area contributed by atoms with E-state index < -0.39 is 5.97 Å². The Morgan fingerprint density at radius 1 is 1.36 bits per heavy atom. The van der Waals surface area contributed by atoms with Crippen LogP contribution >= 0.6 is 12.3 Å². The summed E-state index contributed by atoms with van der Waals surface area (Å²) >= 11 is 0.987. The van der Waals surface area contributed by atoms with Crippen LogP contribution in [0.25, 0.3) is 0 Å². The van der Waals surface area contributed by atoms with Crippen LogP contribution in [0, 0.1) is 5.92 Å². The van der Waals surface area contributed by atoms with Crippen LogP contribution in [0.4, 0.5) is 0 Å². The second-order valence-electron chi connectivity index (χ2n) is 2.84. The Morgan fingerprint density at radius 2 is 1.91 bits per heavy atom. The monoisotopic (exact) mass is 176 g/mol. The lowest BCUT2D eigenvalue weighted by atomic mass is 10.1. The minimum atomic E-state index is -0.739. The molecule has 62 valence electrons. The highest BCUT2D eigenvalue weighted by Gasteiger charge is 2.43. The minimum absolute atomic E-state index is 0.00102. The zero-order valence-electron chi connectivity index (χ0n) is 5.73. The molecule has 2 unspecified atom stereocenters. The molecule has 2 rings (SSSR count). The molecule has 0 bridgehead atoms. The van der Waals surface area contributed by atoms with Gasteiger partial charge in [0.25, 0.3) is 0 Å². The molecule has 0 aromatic carbocycles.